The summed E-state index contributed by atoms with van der Waals surface area (Å²) in [4.78, 5) is 3.08. The van der Waals surface area contributed by atoms with Gasteiger partial charge in [-0.15, -0.1) is 11.3 Å². The van der Waals surface area contributed by atoms with E-state index in [9.17, 15) is 0 Å². The van der Waals surface area contributed by atoms with Gasteiger partial charge >= 0.3 is 0 Å². The Kier molecular flexibility index (Phi) is 4.52. The summed E-state index contributed by atoms with van der Waals surface area (Å²) < 4.78 is 0. The second-order valence-corrected chi connectivity index (χ2v) is 8.37. The molecule has 0 amide bonds. The third kappa shape index (κ3) is 2.96. The molecule has 4 unspecified atom stereocenters. The molecule has 0 spiro atoms. The Bertz CT molecular complexity index is 450. The van der Waals surface area contributed by atoms with E-state index >= 15 is 0 Å². The first-order valence-electron chi connectivity index (χ1n) is 8.47. The van der Waals surface area contributed by atoms with Crippen molar-refractivity contribution >= 4 is 11.3 Å². The summed E-state index contributed by atoms with van der Waals surface area (Å²) in [7, 11) is 0. The Morgan fingerprint density at radius 1 is 1.30 bits per heavy atom. The highest BCUT2D eigenvalue weighted by Crippen LogP contribution is 2.51. The lowest BCUT2D eigenvalue weighted by atomic mass is 9.83. The molecular weight excluding hydrogens is 262 g/mol. The molecule has 0 radical (unpaired) electrons. The summed E-state index contributed by atoms with van der Waals surface area (Å²) in [6, 6.07) is 2.97. The monoisotopic (exact) mass is 291 g/mol. The number of aryl methyl sites for hydroxylation is 2. The van der Waals surface area contributed by atoms with E-state index in [0.29, 0.717) is 6.04 Å². The van der Waals surface area contributed by atoms with Crippen molar-refractivity contribution in [3.8, 4) is 0 Å². The lowest BCUT2D eigenvalue weighted by Crippen LogP contribution is -2.26. The van der Waals surface area contributed by atoms with E-state index in [0.717, 1.165) is 24.3 Å². The van der Waals surface area contributed by atoms with Gasteiger partial charge in [0, 0.05) is 15.8 Å². The molecule has 2 heteroatoms. The molecule has 0 aromatic carbocycles. The van der Waals surface area contributed by atoms with Crippen molar-refractivity contribution in [2.24, 2.45) is 17.8 Å². The van der Waals surface area contributed by atoms with Gasteiger partial charge in [0.15, 0.2) is 0 Å². The van der Waals surface area contributed by atoms with Gasteiger partial charge in [0.25, 0.3) is 0 Å². The SMILES string of the molecule is CCCNC(CC1CC2CCC1C2)c1sc(C)cc1C. The molecule has 2 saturated carbocycles. The van der Waals surface area contributed by atoms with Crippen molar-refractivity contribution < 1.29 is 0 Å². The van der Waals surface area contributed by atoms with E-state index in [1.165, 1.54) is 49.0 Å². The molecule has 1 N–H and O–H groups in total. The number of hydrogen-bond donors (Lipinski definition) is 1. The zero-order chi connectivity index (χ0) is 14.1. The number of rotatable bonds is 6. The zero-order valence-electron chi connectivity index (χ0n) is 13.2. The molecule has 1 nitrogen and oxygen atoms in total. The zero-order valence-corrected chi connectivity index (χ0v) is 14.1. The van der Waals surface area contributed by atoms with Crippen LogP contribution in [-0.2, 0) is 0 Å². The first-order chi connectivity index (χ1) is 9.67. The lowest BCUT2D eigenvalue weighted by Gasteiger charge is -2.27. The van der Waals surface area contributed by atoms with Crippen LogP contribution in [0.3, 0.4) is 0 Å². The van der Waals surface area contributed by atoms with E-state index < -0.39 is 0 Å². The minimum atomic E-state index is 0.609. The summed E-state index contributed by atoms with van der Waals surface area (Å²) in [5, 5.41) is 3.84. The molecule has 0 saturated heterocycles. The van der Waals surface area contributed by atoms with E-state index in [-0.39, 0.29) is 0 Å². The topological polar surface area (TPSA) is 12.0 Å². The van der Waals surface area contributed by atoms with Crippen molar-refractivity contribution in [3.63, 3.8) is 0 Å². The average molecular weight is 292 g/mol. The second kappa shape index (κ2) is 6.19. The molecule has 1 heterocycles. The van der Waals surface area contributed by atoms with Gasteiger partial charge in [-0.3, -0.25) is 0 Å². The third-order valence-corrected chi connectivity index (χ3v) is 6.73. The van der Waals surface area contributed by atoms with Crippen molar-refractivity contribution in [3.05, 3.63) is 21.4 Å². The van der Waals surface area contributed by atoms with Gasteiger partial charge < -0.3 is 5.32 Å². The maximum absolute atomic E-state index is 3.84. The molecule has 0 aliphatic heterocycles. The van der Waals surface area contributed by atoms with Gasteiger partial charge in [-0.05, 0) is 81.9 Å². The van der Waals surface area contributed by atoms with Crippen LogP contribution in [0.15, 0.2) is 6.07 Å². The fraction of sp³-hybridized carbons (Fsp3) is 0.778. The quantitative estimate of drug-likeness (QED) is 0.756. The van der Waals surface area contributed by atoms with Crippen LogP contribution in [0.2, 0.25) is 0 Å². The molecule has 3 rings (SSSR count). The second-order valence-electron chi connectivity index (χ2n) is 7.08. The van der Waals surface area contributed by atoms with Gasteiger partial charge in [-0.2, -0.15) is 0 Å². The van der Waals surface area contributed by atoms with E-state index in [2.05, 4.69) is 32.2 Å². The molecule has 20 heavy (non-hydrogen) atoms. The lowest BCUT2D eigenvalue weighted by molar-refractivity contribution is 0.280. The number of thiophene rings is 1. The van der Waals surface area contributed by atoms with Crippen LogP contribution < -0.4 is 5.32 Å². The average Bonchev–Trinajstić information content (AvgIpc) is 3.10. The molecule has 2 aliphatic rings. The number of nitrogens with one attached hydrogen (secondary N) is 1. The minimum absolute atomic E-state index is 0.609. The molecule has 1 aromatic heterocycles. The van der Waals surface area contributed by atoms with Gasteiger partial charge in [0.05, 0.1) is 0 Å². The first kappa shape index (κ1) is 14.6. The normalized spacial score (nSPS) is 30.1. The van der Waals surface area contributed by atoms with Crippen LogP contribution >= 0.6 is 11.3 Å². The van der Waals surface area contributed by atoms with Crippen LogP contribution in [0.5, 0.6) is 0 Å². The minimum Gasteiger partial charge on any atom is -0.309 e. The fourth-order valence-electron chi connectivity index (χ4n) is 4.57. The first-order valence-corrected chi connectivity index (χ1v) is 9.29. The largest absolute Gasteiger partial charge is 0.309 e. The predicted molar refractivity (Wildman–Crippen MR) is 88.4 cm³/mol. The molecule has 112 valence electrons. The Hall–Kier alpha value is -0.340. The van der Waals surface area contributed by atoms with Crippen molar-refractivity contribution in [1.29, 1.82) is 0 Å². The summed E-state index contributed by atoms with van der Waals surface area (Å²) in [6.45, 7) is 7.96. The van der Waals surface area contributed by atoms with E-state index in [1.54, 1.807) is 4.88 Å². The Morgan fingerprint density at radius 2 is 2.15 bits per heavy atom. The maximum atomic E-state index is 3.84. The van der Waals surface area contributed by atoms with Crippen LogP contribution in [0.4, 0.5) is 0 Å². The molecule has 2 fully saturated rings. The van der Waals surface area contributed by atoms with Gasteiger partial charge in [-0.25, -0.2) is 0 Å². The molecule has 1 aromatic rings. The smallest absolute Gasteiger partial charge is 0.0420 e. The predicted octanol–water partition coefficient (Wildman–Crippen LogP) is 5.23. The van der Waals surface area contributed by atoms with Crippen LogP contribution in [0.25, 0.3) is 0 Å². The summed E-state index contributed by atoms with van der Waals surface area (Å²) in [5.41, 5.74) is 1.50. The molecular formula is C18H29NS. The van der Waals surface area contributed by atoms with E-state index in [1.807, 2.05) is 11.3 Å². The molecule has 4 atom stereocenters. The van der Waals surface area contributed by atoms with Gasteiger partial charge in [0.2, 0.25) is 0 Å². The van der Waals surface area contributed by atoms with Crippen molar-refractivity contribution in [2.45, 2.75) is 65.3 Å². The van der Waals surface area contributed by atoms with Crippen LogP contribution in [0, 0.1) is 31.6 Å². The van der Waals surface area contributed by atoms with Crippen molar-refractivity contribution in [2.75, 3.05) is 6.54 Å². The summed E-state index contributed by atoms with van der Waals surface area (Å²) in [6.07, 6.45) is 8.69. The Morgan fingerprint density at radius 3 is 2.70 bits per heavy atom. The Balaban J connectivity index is 1.71. The van der Waals surface area contributed by atoms with Crippen LogP contribution in [-0.4, -0.2) is 6.54 Å². The van der Waals surface area contributed by atoms with E-state index in [4.69, 9.17) is 0 Å². The fourth-order valence-corrected chi connectivity index (χ4v) is 5.70. The van der Waals surface area contributed by atoms with Gasteiger partial charge in [0.1, 0.15) is 0 Å². The number of hydrogen-bond acceptors (Lipinski definition) is 2. The van der Waals surface area contributed by atoms with Gasteiger partial charge in [-0.1, -0.05) is 13.3 Å². The van der Waals surface area contributed by atoms with Crippen LogP contribution in [0.1, 0.15) is 66.8 Å². The summed E-state index contributed by atoms with van der Waals surface area (Å²) >= 11 is 2.01. The van der Waals surface area contributed by atoms with Crippen molar-refractivity contribution in [1.82, 2.24) is 5.32 Å². The molecule has 2 bridgehead atoms. The third-order valence-electron chi connectivity index (χ3n) is 5.46. The Labute approximate surface area is 128 Å². The number of fused-ring (bicyclic) bond motifs is 2. The molecule has 2 aliphatic carbocycles. The summed E-state index contributed by atoms with van der Waals surface area (Å²) in [5.74, 6) is 3.11. The highest BCUT2D eigenvalue weighted by molar-refractivity contribution is 7.12. The standard InChI is InChI=1S/C18H29NS/c1-4-7-19-17(18-12(2)8-13(3)20-18)11-16-10-14-5-6-15(16)9-14/h8,14-17,19H,4-7,9-11H2,1-3H3. The maximum Gasteiger partial charge on any atom is 0.0420 e. The highest BCUT2D eigenvalue weighted by atomic mass is 32.1. The highest BCUT2D eigenvalue weighted by Gasteiger charge is 2.40.